The number of nitrogens with zero attached hydrogens (tertiary/aromatic N) is 3. The van der Waals surface area contributed by atoms with Crippen LogP contribution in [0.1, 0.15) is 6.92 Å². The Hall–Kier alpha value is -3.05. The van der Waals surface area contributed by atoms with Gasteiger partial charge in [0.1, 0.15) is 11.3 Å². The van der Waals surface area contributed by atoms with E-state index in [0.717, 1.165) is 5.56 Å². The molecule has 0 fully saturated rings. The number of fused-ring (bicyclic) bond motifs is 1. The van der Waals surface area contributed by atoms with E-state index >= 15 is 0 Å². The van der Waals surface area contributed by atoms with Crippen LogP contribution in [-0.2, 0) is 6.54 Å². The maximum Gasteiger partial charge on any atom is 0.261 e. The highest BCUT2D eigenvalue weighted by Crippen LogP contribution is 2.29. The highest BCUT2D eigenvalue weighted by Gasteiger charge is 2.15. The first-order valence-electron chi connectivity index (χ1n) is 8.49. The lowest BCUT2D eigenvalue weighted by Crippen LogP contribution is -2.20. The van der Waals surface area contributed by atoms with Crippen molar-refractivity contribution in [3.8, 4) is 22.5 Å². The second kappa shape index (κ2) is 6.93. The van der Waals surface area contributed by atoms with Crippen LogP contribution in [0.2, 0.25) is 5.02 Å². The first-order chi connectivity index (χ1) is 13.1. The fourth-order valence-corrected chi connectivity index (χ4v) is 3.12. The first kappa shape index (κ1) is 17.4. The summed E-state index contributed by atoms with van der Waals surface area (Å²) in [7, 11) is 0. The van der Waals surface area contributed by atoms with Crippen LogP contribution >= 0.6 is 11.6 Å². The normalized spacial score (nSPS) is 11.1. The molecule has 2 aromatic heterocycles. The molecule has 0 aliphatic rings. The van der Waals surface area contributed by atoms with Gasteiger partial charge in [0.25, 0.3) is 5.56 Å². The summed E-state index contributed by atoms with van der Waals surface area (Å²) in [4.78, 5) is 22.0. The van der Waals surface area contributed by atoms with Gasteiger partial charge >= 0.3 is 0 Å². The molecule has 0 aliphatic carbocycles. The Morgan fingerprint density at radius 1 is 1.07 bits per heavy atom. The Morgan fingerprint density at radius 3 is 2.56 bits per heavy atom. The van der Waals surface area contributed by atoms with Crippen LogP contribution in [0.5, 0.6) is 0 Å². The summed E-state index contributed by atoms with van der Waals surface area (Å²) in [6, 6.07) is 15.0. The summed E-state index contributed by atoms with van der Waals surface area (Å²) in [5.74, 6) is -0.374. The summed E-state index contributed by atoms with van der Waals surface area (Å²) < 4.78 is 15.3. The van der Waals surface area contributed by atoms with Crippen LogP contribution in [0, 0.1) is 5.82 Å². The van der Waals surface area contributed by atoms with Gasteiger partial charge in [-0.3, -0.25) is 9.36 Å². The average molecular weight is 380 g/mol. The second-order valence-electron chi connectivity index (χ2n) is 6.11. The molecule has 6 heteroatoms. The van der Waals surface area contributed by atoms with E-state index in [1.807, 2.05) is 19.1 Å². The minimum Gasteiger partial charge on any atom is -0.299 e. The third-order valence-corrected chi connectivity index (χ3v) is 4.64. The molecule has 2 aromatic carbocycles. The summed E-state index contributed by atoms with van der Waals surface area (Å²) in [6.45, 7) is 2.39. The quantitative estimate of drug-likeness (QED) is 0.506. The standard InChI is InChI=1S/C21H15ClFN3O/c1-2-26-12-24-20-17(21(26)27)11-18(13-6-8-15(22)9-7-13)25-19(20)14-4-3-5-16(23)10-14/h3-12H,2H2,1H3. The van der Waals surface area contributed by atoms with Crippen molar-refractivity contribution in [3.05, 3.63) is 82.1 Å². The Morgan fingerprint density at radius 2 is 1.85 bits per heavy atom. The summed E-state index contributed by atoms with van der Waals surface area (Å²) in [5.41, 5.74) is 2.75. The van der Waals surface area contributed by atoms with Crippen molar-refractivity contribution in [1.29, 1.82) is 0 Å². The monoisotopic (exact) mass is 379 g/mol. The Kier molecular flexibility index (Phi) is 4.46. The third-order valence-electron chi connectivity index (χ3n) is 4.39. The van der Waals surface area contributed by atoms with Crippen LogP contribution in [0.3, 0.4) is 0 Å². The smallest absolute Gasteiger partial charge is 0.261 e. The number of rotatable bonds is 3. The highest BCUT2D eigenvalue weighted by atomic mass is 35.5. The van der Waals surface area contributed by atoms with Crippen LogP contribution in [-0.4, -0.2) is 14.5 Å². The van der Waals surface area contributed by atoms with Gasteiger partial charge < -0.3 is 0 Å². The molecule has 0 saturated heterocycles. The van der Waals surface area contributed by atoms with E-state index in [1.165, 1.54) is 23.0 Å². The summed E-state index contributed by atoms with van der Waals surface area (Å²) in [5, 5.41) is 1.05. The molecule has 0 radical (unpaired) electrons. The molecule has 27 heavy (non-hydrogen) atoms. The highest BCUT2D eigenvalue weighted by molar-refractivity contribution is 6.30. The molecule has 0 spiro atoms. The first-order valence-corrected chi connectivity index (χ1v) is 8.86. The predicted molar refractivity (Wildman–Crippen MR) is 105 cm³/mol. The number of halogens is 2. The van der Waals surface area contributed by atoms with E-state index in [9.17, 15) is 9.18 Å². The molecule has 0 N–H and O–H groups in total. The van der Waals surface area contributed by atoms with E-state index in [-0.39, 0.29) is 11.4 Å². The second-order valence-corrected chi connectivity index (χ2v) is 6.54. The van der Waals surface area contributed by atoms with Gasteiger partial charge in [-0.25, -0.2) is 14.4 Å². The van der Waals surface area contributed by atoms with Crippen LogP contribution in [0.4, 0.5) is 4.39 Å². The molecule has 0 aliphatic heterocycles. The Bertz CT molecular complexity index is 1200. The molecule has 4 aromatic rings. The van der Waals surface area contributed by atoms with E-state index < -0.39 is 0 Å². The molecule has 134 valence electrons. The van der Waals surface area contributed by atoms with Crippen molar-refractivity contribution in [2.75, 3.05) is 0 Å². The van der Waals surface area contributed by atoms with Crippen molar-refractivity contribution >= 4 is 22.5 Å². The van der Waals surface area contributed by atoms with Crippen molar-refractivity contribution in [2.24, 2.45) is 0 Å². The number of benzene rings is 2. The number of aryl methyl sites for hydroxylation is 1. The number of hydrogen-bond acceptors (Lipinski definition) is 3. The molecule has 2 heterocycles. The number of hydrogen-bond donors (Lipinski definition) is 0. The SMILES string of the molecule is CCn1cnc2c(-c3cccc(F)c3)nc(-c3ccc(Cl)cc3)cc2c1=O. The van der Waals surface area contributed by atoms with Crippen LogP contribution in [0.25, 0.3) is 33.4 Å². The lowest BCUT2D eigenvalue weighted by molar-refractivity contribution is 0.628. The zero-order valence-corrected chi connectivity index (χ0v) is 15.2. The van der Waals surface area contributed by atoms with Gasteiger partial charge in [-0.05, 0) is 37.3 Å². The van der Waals surface area contributed by atoms with E-state index in [0.29, 0.717) is 39.4 Å². The number of pyridine rings is 1. The van der Waals surface area contributed by atoms with Crippen molar-refractivity contribution < 1.29 is 4.39 Å². The zero-order valence-electron chi connectivity index (χ0n) is 14.5. The van der Waals surface area contributed by atoms with Gasteiger partial charge in [-0.15, -0.1) is 0 Å². The average Bonchev–Trinajstić information content (AvgIpc) is 2.68. The van der Waals surface area contributed by atoms with E-state index in [2.05, 4.69) is 9.97 Å². The Labute approximate surface area is 159 Å². The van der Waals surface area contributed by atoms with E-state index in [1.54, 1.807) is 30.3 Å². The fourth-order valence-electron chi connectivity index (χ4n) is 3.00. The largest absolute Gasteiger partial charge is 0.299 e. The molecule has 4 nitrogen and oxygen atoms in total. The fraction of sp³-hybridized carbons (Fsp3) is 0.0952. The van der Waals surface area contributed by atoms with Gasteiger partial charge in [-0.2, -0.15) is 0 Å². The number of aromatic nitrogens is 3. The van der Waals surface area contributed by atoms with Gasteiger partial charge in [0.2, 0.25) is 0 Å². The lowest BCUT2D eigenvalue weighted by atomic mass is 10.0. The molecule has 0 unspecified atom stereocenters. The lowest BCUT2D eigenvalue weighted by Gasteiger charge is -2.11. The topological polar surface area (TPSA) is 47.8 Å². The Balaban J connectivity index is 2.07. The maximum absolute atomic E-state index is 13.8. The van der Waals surface area contributed by atoms with Gasteiger partial charge in [0.05, 0.1) is 23.1 Å². The maximum atomic E-state index is 13.8. The van der Waals surface area contributed by atoms with Crippen molar-refractivity contribution in [2.45, 2.75) is 13.5 Å². The van der Waals surface area contributed by atoms with E-state index in [4.69, 9.17) is 11.6 Å². The van der Waals surface area contributed by atoms with Gasteiger partial charge in [0, 0.05) is 22.7 Å². The molecule has 4 rings (SSSR count). The van der Waals surface area contributed by atoms with Crippen molar-refractivity contribution in [1.82, 2.24) is 14.5 Å². The molecule has 0 amide bonds. The zero-order chi connectivity index (χ0) is 19.0. The minimum absolute atomic E-state index is 0.155. The molecule has 0 saturated carbocycles. The van der Waals surface area contributed by atoms with Gasteiger partial charge in [-0.1, -0.05) is 35.9 Å². The minimum atomic E-state index is -0.374. The predicted octanol–water partition coefficient (Wildman–Crippen LogP) is 4.94. The van der Waals surface area contributed by atoms with Crippen molar-refractivity contribution in [3.63, 3.8) is 0 Å². The molecular weight excluding hydrogens is 365 g/mol. The van der Waals surface area contributed by atoms with Crippen LogP contribution < -0.4 is 5.56 Å². The summed E-state index contributed by atoms with van der Waals surface area (Å²) in [6.07, 6.45) is 1.50. The van der Waals surface area contributed by atoms with Gasteiger partial charge in [0.15, 0.2) is 0 Å². The molecular formula is C21H15ClFN3O. The molecule has 0 atom stereocenters. The van der Waals surface area contributed by atoms with Crippen LogP contribution in [0.15, 0.2) is 65.7 Å². The third kappa shape index (κ3) is 3.22. The molecule has 0 bridgehead atoms. The summed E-state index contributed by atoms with van der Waals surface area (Å²) >= 11 is 5.98.